The van der Waals surface area contributed by atoms with Crippen molar-refractivity contribution in [1.29, 1.82) is 0 Å². The summed E-state index contributed by atoms with van der Waals surface area (Å²) in [5.41, 5.74) is 0. The Morgan fingerprint density at radius 2 is 1.95 bits per heavy atom. The van der Waals surface area contributed by atoms with Gasteiger partial charge in [-0.05, 0) is 44.7 Å². The molecule has 0 aromatic heterocycles. The van der Waals surface area contributed by atoms with Crippen molar-refractivity contribution in [3.05, 3.63) is 0 Å². The summed E-state index contributed by atoms with van der Waals surface area (Å²) in [5, 5.41) is 3.10. The van der Waals surface area contributed by atoms with Crippen LogP contribution in [0.25, 0.3) is 0 Å². The number of hydrogen-bond donors (Lipinski definition) is 2. The monoisotopic (exact) mass is 337 g/mol. The maximum atomic E-state index is 12.4. The molecule has 1 rings (SSSR count). The molecule has 1 aliphatic heterocycles. The van der Waals surface area contributed by atoms with Gasteiger partial charge in [-0.1, -0.05) is 19.3 Å². The highest BCUT2D eigenvalue weighted by Gasteiger charge is 2.31. The van der Waals surface area contributed by atoms with Crippen LogP contribution in [0.5, 0.6) is 0 Å². The summed E-state index contributed by atoms with van der Waals surface area (Å²) in [6.07, 6.45) is 9.61. The fourth-order valence-corrected chi connectivity index (χ4v) is 4.74. The number of piperidine rings is 1. The molecular formula is C14H31N3O2S2. The Labute approximate surface area is 134 Å². The third-order valence-electron chi connectivity index (χ3n) is 3.88. The van der Waals surface area contributed by atoms with Gasteiger partial charge in [-0.15, -0.1) is 0 Å². The number of nitrogens with zero attached hydrogens (tertiary/aromatic N) is 1. The van der Waals surface area contributed by atoms with Crippen LogP contribution in [-0.4, -0.2) is 57.5 Å². The van der Waals surface area contributed by atoms with Gasteiger partial charge in [-0.2, -0.15) is 24.5 Å². The minimum Gasteiger partial charge on any atom is -0.318 e. The number of unbranched alkanes of at least 4 members (excludes halogenated alkanes) is 3. The third-order valence-corrected chi connectivity index (χ3v) is 6.25. The number of thioether (sulfide) groups is 1. The molecule has 126 valence electrons. The van der Waals surface area contributed by atoms with E-state index in [2.05, 4.69) is 16.3 Å². The van der Waals surface area contributed by atoms with E-state index < -0.39 is 10.2 Å². The van der Waals surface area contributed by atoms with Gasteiger partial charge in [0.15, 0.2) is 0 Å². The van der Waals surface area contributed by atoms with E-state index in [-0.39, 0.29) is 6.04 Å². The molecule has 1 saturated heterocycles. The van der Waals surface area contributed by atoms with E-state index in [0.717, 1.165) is 38.6 Å². The molecule has 0 aromatic rings. The standard InChI is InChI=1S/C14H31N3O2S2/c1-15-13-14-9-5-7-11-17(14)21(18,19)16-10-6-3-4-8-12-20-2/h14-16H,3-13H2,1-2H3. The van der Waals surface area contributed by atoms with Crippen LogP contribution in [0.1, 0.15) is 44.9 Å². The first-order valence-electron chi connectivity index (χ1n) is 8.01. The molecular weight excluding hydrogens is 306 g/mol. The Balaban J connectivity index is 2.30. The second-order valence-corrected chi connectivity index (χ2v) is 8.32. The van der Waals surface area contributed by atoms with Crippen molar-refractivity contribution >= 4 is 22.0 Å². The van der Waals surface area contributed by atoms with E-state index in [0.29, 0.717) is 13.1 Å². The molecule has 1 atom stereocenters. The van der Waals surface area contributed by atoms with Crippen molar-refractivity contribution in [3.63, 3.8) is 0 Å². The predicted octanol–water partition coefficient (Wildman–Crippen LogP) is 1.82. The predicted molar refractivity (Wildman–Crippen MR) is 92.0 cm³/mol. The van der Waals surface area contributed by atoms with E-state index in [1.54, 1.807) is 4.31 Å². The van der Waals surface area contributed by atoms with Crippen LogP contribution in [0.2, 0.25) is 0 Å². The second kappa shape index (κ2) is 10.8. The topological polar surface area (TPSA) is 61.4 Å². The summed E-state index contributed by atoms with van der Waals surface area (Å²) in [5.74, 6) is 1.20. The largest absolute Gasteiger partial charge is 0.318 e. The van der Waals surface area contributed by atoms with E-state index in [1.165, 1.54) is 18.6 Å². The SMILES string of the molecule is CNCC1CCCCN1S(=O)(=O)NCCCCCCSC. The molecule has 21 heavy (non-hydrogen) atoms. The lowest BCUT2D eigenvalue weighted by Crippen LogP contribution is -2.52. The average molecular weight is 338 g/mol. The molecule has 7 heteroatoms. The normalized spacial score (nSPS) is 20.8. The molecule has 5 nitrogen and oxygen atoms in total. The molecule has 1 unspecified atom stereocenters. The fourth-order valence-electron chi connectivity index (χ4n) is 2.74. The molecule has 0 aliphatic carbocycles. The number of nitrogens with one attached hydrogen (secondary N) is 2. The Bertz CT molecular complexity index is 361. The second-order valence-electron chi connectivity index (χ2n) is 5.62. The number of likely N-dealkylation sites (N-methyl/N-ethyl adjacent to an activating group) is 1. The van der Waals surface area contributed by atoms with E-state index in [4.69, 9.17) is 0 Å². The Morgan fingerprint density at radius 3 is 2.67 bits per heavy atom. The zero-order chi connectivity index (χ0) is 15.6. The summed E-state index contributed by atoms with van der Waals surface area (Å²) in [6, 6.07) is 0.0998. The van der Waals surface area contributed by atoms with Crippen molar-refractivity contribution in [2.24, 2.45) is 0 Å². The van der Waals surface area contributed by atoms with Crippen LogP contribution < -0.4 is 10.0 Å². The molecule has 0 spiro atoms. The minimum absolute atomic E-state index is 0.0998. The Morgan fingerprint density at radius 1 is 1.19 bits per heavy atom. The zero-order valence-electron chi connectivity index (χ0n) is 13.4. The Kier molecular flexibility index (Phi) is 9.92. The quantitative estimate of drug-likeness (QED) is 0.565. The number of hydrogen-bond acceptors (Lipinski definition) is 4. The average Bonchev–Trinajstić information content (AvgIpc) is 2.47. The van der Waals surface area contributed by atoms with Crippen LogP contribution in [-0.2, 0) is 10.2 Å². The first-order chi connectivity index (χ1) is 10.1. The van der Waals surface area contributed by atoms with Gasteiger partial charge in [0.1, 0.15) is 0 Å². The first-order valence-corrected chi connectivity index (χ1v) is 10.8. The maximum Gasteiger partial charge on any atom is 0.279 e. The van der Waals surface area contributed by atoms with Gasteiger partial charge >= 0.3 is 0 Å². The summed E-state index contributed by atoms with van der Waals surface area (Å²) in [6.45, 7) is 1.94. The molecule has 0 amide bonds. The highest BCUT2D eigenvalue weighted by molar-refractivity contribution is 7.98. The molecule has 0 saturated carbocycles. The lowest BCUT2D eigenvalue weighted by atomic mass is 10.1. The smallest absolute Gasteiger partial charge is 0.279 e. The van der Waals surface area contributed by atoms with Crippen LogP contribution in [0.15, 0.2) is 0 Å². The summed E-state index contributed by atoms with van der Waals surface area (Å²) < 4.78 is 29.2. The van der Waals surface area contributed by atoms with Gasteiger partial charge in [0.2, 0.25) is 0 Å². The lowest BCUT2D eigenvalue weighted by Gasteiger charge is -2.34. The van der Waals surface area contributed by atoms with Gasteiger partial charge in [-0.3, -0.25) is 0 Å². The van der Waals surface area contributed by atoms with Crippen molar-refractivity contribution in [1.82, 2.24) is 14.3 Å². The third kappa shape index (κ3) is 7.32. The van der Waals surface area contributed by atoms with Crippen LogP contribution in [0.3, 0.4) is 0 Å². The van der Waals surface area contributed by atoms with E-state index in [9.17, 15) is 8.42 Å². The zero-order valence-corrected chi connectivity index (χ0v) is 15.1. The molecule has 0 bridgehead atoms. The van der Waals surface area contributed by atoms with Crippen LogP contribution in [0.4, 0.5) is 0 Å². The molecule has 0 radical (unpaired) electrons. The van der Waals surface area contributed by atoms with Crippen molar-refractivity contribution in [2.45, 2.75) is 51.0 Å². The highest BCUT2D eigenvalue weighted by atomic mass is 32.2. The molecule has 2 N–H and O–H groups in total. The fraction of sp³-hybridized carbons (Fsp3) is 1.00. The van der Waals surface area contributed by atoms with Crippen molar-refractivity contribution in [2.75, 3.05) is 38.7 Å². The van der Waals surface area contributed by atoms with Gasteiger partial charge in [0.05, 0.1) is 0 Å². The van der Waals surface area contributed by atoms with Gasteiger partial charge in [0.25, 0.3) is 10.2 Å². The first kappa shape index (κ1) is 19.2. The Hall–Kier alpha value is 0.180. The lowest BCUT2D eigenvalue weighted by molar-refractivity contribution is 0.246. The van der Waals surface area contributed by atoms with Gasteiger partial charge in [0, 0.05) is 25.7 Å². The van der Waals surface area contributed by atoms with E-state index in [1.807, 2.05) is 18.8 Å². The summed E-state index contributed by atoms with van der Waals surface area (Å²) >= 11 is 1.87. The van der Waals surface area contributed by atoms with Gasteiger partial charge in [-0.25, -0.2) is 4.72 Å². The highest BCUT2D eigenvalue weighted by Crippen LogP contribution is 2.19. The van der Waals surface area contributed by atoms with Crippen LogP contribution >= 0.6 is 11.8 Å². The van der Waals surface area contributed by atoms with Crippen LogP contribution in [0, 0.1) is 0 Å². The molecule has 1 fully saturated rings. The summed E-state index contributed by atoms with van der Waals surface area (Å²) in [4.78, 5) is 0. The number of rotatable bonds is 11. The molecule has 0 aromatic carbocycles. The molecule has 1 heterocycles. The van der Waals surface area contributed by atoms with Crippen molar-refractivity contribution in [3.8, 4) is 0 Å². The van der Waals surface area contributed by atoms with Gasteiger partial charge < -0.3 is 5.32 Å². The molecule has 1 aliphatic rings. The summed E-state index contributed by atoms with van der Waals surface area (Å²) in [7, 11) is -1.44. The maximum absolute atomic E-state index is 12.4. The van der Waals surface area contributed by atoms with Crippen molar-refractivity contribution < 1.29 is 8.42 Å². The van der Waals surface area contributed by atoms with E-state index >= 15 is 0 Å². The minimum atomic E-state index is -3.31.